The third kappa shape index (κ3) is 2.39. The van der Waals surface area contributed by atoms with Gasteiger partial charge in [0.05, 0.1) is 0 Å². The summed E-state index contributed by atoms with van der Waals surface area (Å²) in [5.74, 6) is 0.948. The number of rotatable bonds is 2. The molecule has 1 unspecified atom stereocenters. The van der Waals surface area contributed by atoms with E-state index in [0.717, 1.165) is 47.8 Å². The fraction of sp³-hybridized carbons (Fsp3) is 0.333. The number of halogens is 1. The summed E-state index contributed by atoms with van der Waals surface area (Å²) in [4.78, 5) is 0. The van der Waals surface area contributed by atoms with Crippen molar-refractivity contribution >= 4 is 11.6 Å². The molecule has 0 fully saturated rings. The zero-order valence-electron chi connectivity index (χ0n) is 12.4. The highest BCUT2D eigenvalue weighted by Crippen LogP contribution is 2.41. The molecule has 0 bridgehead atoms. The molecule has 0 radical (unpaired) electrons. The van der Waals surface area contributed by atoms with Crippen LogP contribution < -0.4 is 15.8 Å². The SMILES string of the molecule is NCC1Cc2cc(Cl)cc(-c3ccc4c(c3)CNCC4)c2O1. The van der Waals surface area contributed by atoms with Crippen LogP contribution in [0.15, 0.2) is 30.3 Å². The molecular weight excluding hydrogens is 296 g/mol. The molecule has 1 atom stereocenters. The first kappa shape index (κ1) is 14.1. The second-order valence-electron chi connectivity index (χ2n) is 6.03. The Kier molecular flexibility index (Phi) is 3.57. The Bertz CT molecular complexity index is 729. The molecule has 114 valence electrons. The van der Waals surface area contributed by atoms with Gasteiger partial charge < -0.3 is 15.8 Å². The van der Waals surface area contributed by atoms with Gasteiger partial charge in [-0.15, -0.1) is 0 Å². The molecule has 0 aromatic heterocycles. The number of nitrogens with two attached hydrogens (primary N) is 1. The van der Waals surface area contributed by atoms with Crippen LogP contribution in [0.3, 0.4) is 0 Å². The lowest BCUT2D eigenvalue weighted by molar-refractivity contribution is 0.242. The second-order valence-corrected chi connectivity index (χ2v) is 6.47. The van der Waals surface area contributed by atoms with Crippen LogP contribution in [0.5, 0.6) is 5.75 Å². The minimum Gasteiger partial charge on any atom is -0.488 e. The van der Waals surface area contributed by atoms with Crippen molar-refractivity contribution in [2.75, 3.05) is 13.1 Å². The zero-order valence-corrected chi connectivity index (χ0v) is 13.1. The van der Waals surface area contributed by atoms with Crippen molar-refractivity contribution < 1.29 is 4.74 Å². The molecular formula is C18H19ClN2O. The molecule has 0 spiro atoms. The minimum absolute atomic E-state index is 0.0616. The van der Waals surface area contributed by atoms with Gasteiger partial charge in [-0.25, -0.2) is 0 Å². The molecule has 2 heterocycles. The Labute approximate surface area is 135 Å². The van der Waals surface area contributed by atoms with Crippen LogP contribution in [0, 0.1) is 0 Å². The monoisotopic (exact) mass is 314 g/mol. The van der Waals surface area contributed by atoms with Gasteiger partial charge in [0.2, 0.25) is 0 Å². The van der Waals surface area contributed by atoms with Gasteiger partial charge in [-0.05, 0) is 53.4 Å². The van der Waals surface area contributed by atoms with Crippen molar-refractivity contribution in [3.05, 3.63) is 52.0 Å². The van der Waals surface area contributed by atoms with E-state index >= 15 is 0 Å². The Balaban J connectivity index is 1.80. The van der Waals surface area contributed by atoms with Gasteiger partial charge in [-0.3, -0.25) is 0 Å². The first-order valence-corrected chi connectivity index (χ1v) is 8.14. The molecule has 22 heavy (non-hydrogen) atoms. The van der Waals surface area contributed by atoms with E-state index in [4.69, 9.17) is 22.1 Å². The Hall–Kier alpha value is -1.55. The van der Waals surface area contributed by atoms with Gasteiger partial charge >= 0.3 is 0 Å². The number of benzene rings is 2. The molecule has 0 saturated heterocycles. The molecule has 2 aromatic carbocycles. The van der Waals surface area contributed by atoms with Crippen LogP contribution in [-0.4, -0.2) is 19.2 Å². The van der Waals surface area contributed by atoms with Crippen LogP contribution >= 0.6 is 11.6 Å². The zero-order chi connectivity index (χ0) is 15.1. The second kappa shape index (κ2) is 5.58. The highest BCUT2D eigenvalue weighted by molar-refractivity contribution is 6.31. The number of fused-ring (bicyclic) bond motifs is 2. The first-order chi connectivity index (χ1) is 10.7. The summed E-state index contributed by atoms with van der Waals surface area (Å²) in [5, 5.41) is 4.18. The van der Waals surface area contributed by atoms with Gasteiger partial charge in [0, 0.05) is 30.1 Å². The van der Waals surface area contributed by atoms with Gasteiger partial charge in [-0.1, -0.05) is 23.7 Å². The average molecular weight is 315 g/mol. The maximum Gasteiger partial charge on any atom is 0.131 e. The Morgan fingerprint density at radius 2 is 2.09 bits per heavy atom. The molecule has 3 N–H and O–H groups in total. The van der Waals surface area contributed by atoms with E-state index < -0.39 is 0 Å². The van der Waals surface area contributed by atoms with E-state index in [1.54, 1.807) is 0 Å². The Morgan fingerprint density at radius 3 is 2.95 bits per heavy atom. The molecule has 0 saturated carbocycles. The van der Waals surface area contributed by atoms with Crippen LogP contribution in [0.1, 0.15) is 16.7 Å². The van der Waals surface area contributed by atoms with E-state index in [2.05, 4.69) is 23.5 Å². The van der Waals surface area contributed by atoms with E-state index in [1.165, 1.54) is 16.7 Å². The third-order valence-electron chi connectivity index (χ3n) is 4.53. The fourth-order valence-electron chi connectivity index (χ4n) is 3.39. The minimum atomic E-state index is 0.0616. The van der Waals surface area contributed by atoms with E-state index in [0.29, 0.717) is 6.54 Å². The standard InChI is InChI=1S/C18H19ClN2O/c19-15-6-13-7-16(9-20)22-18(13)17(8-15)12-2-1-11-3-4-21-10-14(11)5-12/h1-2,5-6,8,16,21H,3-4,7,9-10,20H2. The molecule has 2 aliphatic rings. The van der Waals surface area contributed by atoms with E-state index in [-0.39, 0.29) is 6.10 Å². The maximum absolute atomic E-state index is 6.31. The van der Waals surface area contributed by atoms with Crippen molar-refractivity contribution in [2.24, 2.45) is 5.73 Å². The number of ether oxygens (including phenoxy) is 1. The maximum atomic E-state index is 6.31. The lowest BCUT2D eigenvalue weighted by Gasteiger charge is -2.19. The third-order valence-corrected chi connectivity index (χ3v) is 4.75. The van der Waals surface area contributed by atoms with Gasteiger partial charge in [-0.2, -0.15) is 0 Å². The number of hydrogen-bond donors (Lipinski definition) is 2. The summed E-state index contributed by atoms with van der Waals surface area (Å²) in [5.41, 5.74) is 12.0. The largest absolute Gasteiger partial charge is 0.488 e. The topological polar surface area (TPSA) is 47.3 Å². The highest BCUT2D eigenvalue weighted by Gasteiger charge is 2.26. The summed E-state index contributed by atoms with van der Waals surface area (Å²) < 4.78 is 6.04. The van der Waals surface area contributed by atoms with E-state index in [9.17, 15) is 0 Å². The van der Waals surface area contributed by atoms with Gasteiger partial charge in [0.15, 0.2) is 0 Å². The van der Waals surface area contributed by atoms with Crippen LogP contribution in [0.4, 0.5) is 0 Å². The van der Waals surface area contributed by atoms with Gasteiger partial charge in [0.25, 0.3) is 0 Å². The van der Waals surface area contributed by atoms with Crippen LogP contribution in [0.2, 0.25) is 5.02 Å². The summed E-state index contributed by atoms with van der Waals surface area (Å²) in [6.07, 6.45) is 1.99. The molecule has 0 aliphatic carbocycles. The lowest BCUT2D eigenvalue weighted by Crippen LogP contribution is -2.24. The average Bonchev–Trinajstić information content (AvgIpc) is 2.96. The van der Waals surface area contributed by atoms with Crippen LogP contribution in [-0.2, 0) is 19.4 Å². The first-order valence-electron chi connectivity index (χ1n) is 7.76. The van der Waals surface area contributed by atoms with Crippen molar-refractivity contribution in [1.82, 2.24) is 5.32 Å². The highest BCUT2D eigenvalue weighted by atomic mass is 35.5. The van der Waals surface area contributed by atoms with Crippen molar-refractivity contribution in [1.29, 1.82) is 0 Å². The molecule has 4 rings (SSSR count). The van der Waals surface area contributed by atoms with Gasteiger partial charge in [0.1, 0.15) is 11.9 Å². The predicted octanol–water partition coefficient (Wildman–Crippen LogP) is 2.91. The molecule has 4 heteroatoms. The number of nitrogens with one attached hydrogen (secondary N) is 1. The summed E-state index contributed by atoms with van der Waals surface area (Å²) in [7, 11) is 0. The smallest absolute Gasteiger partial charge is 0.131 e. The molecule has 2 aliphatic heterocycles. The van der Waals surface area contributed by atoms with Crippen molar-refractivity contribution in [3.8, 4) is 16.9 Å². The summed E-state index contributed by atoms with van der Waals surface area (Å²) in [6, 6.07) is 10.7. The summed E-state index contributed by atoms with van der Waals surface area (Å²) >= 11 is 6.31. The fourth-order valence-corrected chi connectivity index (χ4v) is 3.63. The predicted molar refractivity (Wildman–Crippen MR) is 89.5 cm³/mol. The van der Waals surface area contributed by atoms with Crippen LogP contribution in [0.25, 0.3) is 11.1 Å². The molecule has 0 amide bonds. The normalized spacial score (nSPS) is 19.5. The lowest BCUT2D eigenvalue weighted by atomic mass is 9.94. The summed E-state index contributed by atoms with van der Waals surface area (Å²) in [6.45, 7) is 2.51. The quantitative estimate of drug-likeness (QED) is 0.896. The van der Waals surface area contributed by atoms with E-state index in [1.807, 2.05) is 12.1 Å². The molecule has 2 aromatic rings. The Morgan fingerprint density at radius 1 is 1.18 bits per heavy atom. The van der Waals surface area contributed by atoms with Crippen molar-refractivity contribution in [3.63, 3.8) is 0 Å². The molecule has 3 nitrogen and oxygen atoms in total. The van der Waals surface area contributed by atoms with Crippen molar-refractivity contribution in [2.45, 2.75) is 25.5 Å². The number of hydrogen-bond acceptors (Lipinski definition) is 3.